The molecule has 46 heavy (non-hydrogen) atoms. The maximum atomic E-state index is 13.8. The highest BCUT2D eigenvalue weighted by Gasteiger charge is 2.36. The van der Waals surface area contributed by atoms with Crippen LogP contribution in [0.2, 0.25) is 0 Å². The third-order valence-electron chi connectivity index (χ3n) is 6.82. The van der Waals surface area contributed by atoms with E-state index in [0.717, 1.165) is 6.08 Å². The summed E-state index contributed by atoms with van der Waals surface area (Å²) in [5, 5.41) is 8.42. The number of ether oxygens (including phenoxy) is 3. The zero-order chi connectivity index (χ0) is 32.6. The minimum Gasteiger partial charge on any atom is -0.481 e. The van der Waals surface area contributed by atoms with Crippen LogP contribution in [0.25, 0.3) is 0 Å². The Hall–Kier alpha value is -6.02. The summed E-state index contributed by atoms with van der Waals surface area (Å²) in [6.07, 6.45) is 2.66. The molecular formula is C32H32N8O6. The molecule has 236 valence electrons. The lowest BCUT2D eigenvalue weighted by Gasteiger charge is -2.36. The van der Waals surface area contributed by atoms with E-state index in [1.54, 1.807) is 72.7 Å². The number of rotatable bonds is 12. The molecule has 4 amide bonds. The van der Waals surface area contributed by atoms with Gasteiger partial charge in [-0.15, -0.1) is 0 Å². The van der Waals surface area contributed by atoms with E-state index in [4.69, 9.17) is 19.2 Å². The lowest BCUT2D eigenvalue weighted by atomic mass is 10.1. The number of nitrogens with one attached hydrogen (secondary N) is 3. The Labute approximate surface area is 265 Å². The van der Waals surface area contributed by atoms with Gasteiger partial charge in [0.1, 0.15) is 17.2 Å². The number of carbonyl (C=O) groups excluding carboxylic acids is 3. The molecular weight excluding hydrogens is 592 g/mol. The number of aromatic nitrogens is 3. The Balaban J connectivity index is 1.45. The number of methoxy groups -OCH3 is 2. The fourth-order valence-electron chi connectivity index (χ4n) is 4.61. The fourth-order valence-corrected chi connectivity index (χ4v) is 4.61. The van der Waals surface area contributed by atoms with E-state index in [1.165, 1.54) is 25.3 Å². The van der Waals surface area contributed by atoms with Crippen LogP contribution in [-0.4, -0.2) is 72.1 Å². The summed E-state index contributed by atoms with van der Waals surface area (Å²) in [5.74, 6) is 1.08. The SMILES string of the molecule is C=CC(=O)Nc1cccc(N2C(=O)N(CCOC)Cc3c(OC)nc(Nc4ccc(Oc5ccnc(C(=O)NC)c5)cc4)nc32)c1. The van der Waals surface area contributed by atoms with Crippen molar-refractivity contribution in [1.82, 2.24) is 25.2 Å². The maximum Gasteiger partial charge on any atom is 0.330 e. The molecule has 2 aromatic heterocycles. The van der Waals surface area contributed by atoms with Crippen LogP contribution in [0.4, 0.5) is 33.6 Å². The molecule has 0 fully saturated rings. The summed E-state index contributed by atoms with van der Waals surface area (Å²) in [4.78, 5) is 54.1. The van der Waals surface area contributed by atoms with Gasteiger partial charge in [-0.2, -0.15) is 9.97 Å². The Morgan fingerprint density at radius 1 is 1.02 bits per heavy atom. The molecule has 2 aromatic carbocycles. The monoisotopic (exact) mass is 624 g/mol. The van der Waals surface area contributed by atoms with Crippen molar-refractivity contribution in [3.63, 3.8) is 0 Å². The van der Waals surface area contributed by atoms with Crippen LogP contribution in [-0.2, 0) is 16.1 Å². The molecule has 14 heteroatoms. The molecule has 0 bridgehead atoms. The second-order valence-electron chi connectivity index (χ2n) is 9.84. The first-order valence-corrected chi connectivity index (χ1v) is 14.1. The van der Waals surface area contributed by atoms with Crippen LogP contribution in [0.15, 0.2) is 79.5 Å². The van der Waals surface area contributed by atoms with Gasteiger partial charge in [0.05, 0.1) is 31.5 Å². The molecule has 14 nitrogen and oxygen atoms in total. The van der Waals surface area contributed by atoms with E-state index in [-0.39, 0.29) is 41.9 Å². The highest BCUT2D eigenvalue weighted by molar-refractivity contribution is 6.03. The molecule has 0 unspecified atom stereocenters. The predicted octanol–water partition coefficient (Wildman–Crippen LogP) is 4.62. The van der Waals surface area contributed by atoms with Gasteiger partial charge in [-0.1, -0.05) is 12.6 Å². The standard InChI is InChI=1S/C32H32N8O6/c1-5-27(41)35-21-7-6-8-22(17-21)40-28-25(19-39(32(40)43)15-16-44-3)30(45-4)38-31(37-28)36-20-9-11-23(12-10-20)46-24-13-14-34-26(18-24)29(42)33-2/h5-14,17-18H,1,15-16,19H2,2-4H3,(H,33,42)(H,35,41)(H,36,37,38). The molecule has 1 aliphatic heterocycles. The molecule has 1 aliphatic rings. The van der Waals surface area contributed by atoms with Crippen LogP contribution >= 0.6 is 0 Å². The normalized spacial score (nSPS) is 12.2. The summed E-state index contributed by atoms with van der Waals surface area (Å²) < 4.78 is 16.8. The van der Waals surface area contributed by atoms with Crippen molar-refractivity contribution < 1.29 is 28.6 Å². The van der Waals surface area contributed by atoms with Crippen molar-refractivity contribution in [2.75, 3.05) is 50.0 Å². The fraction of sp³-hybridized carbons (Fsp3) is 0.188. The number of pyridine rings is 1. The van der Waals surface area contributed by atoms with Crippen LogP contribution in [0.1, 0.15) is 16.1 Å². The molecule has 0 radical (unpaired) electrons. The van der Waals surface area contributed by atoms with E-state index in [2.05, 4.69) is 32.5 Å². The number of nitrogens with zero attached hydrogens (tertiary/aromatic N) is 5. The quantitative estimate of drug-likeness (QED) is 0.190. The summed E-state index contributed by atoms with van der Waals surface area (Å²) in [5.41, 5.74) is 2.42. The van der Waals surface area contributed by atoms with Crippen LogP contribution in [0.5, 0.6) is 17.4 Å². The Bertz CT molecular complexity index is 1760. The average molecular weight is 625 g/mol. The summed E-state index contributed by atoms with van der Waals surface area (Å²) in [7, 11) is 4.59. The minimum absolute atomic E-state index is 0.188. The number of benzene rings is 2. The molecule has 4 aromatic rings. The molecule has 3 N–H and O–H groups in total. The molecule has 5 rings (SSSR count). The number of carbonyl (C=O) groups is 3. The minimum atomic E-state index is -0.384. The van der Waals surface area contributed by atoms with Gasteiger partial charge in [0, 0.05) is 44.3 Å². The Morgan fingerprint density at radius 3 is 2.54 bits per heavy atom. The highest BCUT2D eigenvalue weighted by atomic mass is 16.5. The van der Waals surface area contributed by atoms with E-state index in [0.29, 0.717) is 53.1 Å². The van der Waals surface area contributed by atoms with E-state index in [9.17, 15) is 14.4 Å². The molecule has 0 saturated heterocycles. The second kappa shape index (κ2) is 14.2. The Morgan fingerprint density at radius 2 is 1.83 bits per heavy atom. The molecule has 3 heterocycles. The predicted molar refractivity (Wildman–Crippen MR) is 171 cm³/mol. The van der Waals surface area contributed by atoms with Crippen molar-refractivity contribution >= 4 is 46.7 Å². The van der Waals surface area contributed by atoms with E-state index < -0.39 is 0 Å². The Kier molecular flexibility index (Phi) is 9.68. The topological polar surface area (TPSA) is 160 Å². The number of hydrogen-bond donors (Lipinski definition) is 3. The van der Waals surface area contributed by atoms with Crippen molar-refractivity contribution in [3.05, 3.63) is 90.8 Å². The number of fused-ring (bicyclic) bond motifs is 1. The first-order valence-electron chi connectivity index (χ1n) is 14.1. The zero-order valence-corrected chi connectivity index (χ0v) is 25.4. The number of hydrogen-bond acceptors (Lipinski definition) is 10. The van der Waals surface area contributed by atoms with Crippen molar-refractivity contribution in [3.8, 4) is 17.4 Å². The largest absolute Gasteiger partial charge is 0.481 e. The van der Waals surface area contributed by atoms with Crippen LogP contribution in [0.3, 0.4) is 0 Å². The lowest BCUT2D eigenvalue weighted by Crippen LogP contribution is -2.46. The van der Waals surface area contributed by atoms with Crippen LogP contribution < -0.4 is 30.3 Å². The number of anilines is 5. The maximum absolute atomic E-state index is 13.8. The summed E-state index contributed by atoms with van der Waals surface area (Å²) in [6, 6.07) is 16.7. The number of amides is 4. The van der Waals surface area contributed by atoms with E-state index in [1.807, 2.05) is 0 Å². The molecule has 0 spiro atoms. The van der Waals surface area contributed by atoms with Crippen molar-refractivity contribution in [2.24, 2.45) is 0 Å². The average Bonchev–Trinajstić information content (AvgIpc) is 3.07. The lowest BCUT2D eigenvalue weighted by molar-refractivity contribution is -0.111. The van der Waals surface area contributed by atoms with Gasteiger partial charge in [-0.3, -0.25) is 14.6 Å². The summed E-state index contributed by atoms with van der Waals surface area (Å²) in [6.45, 7) is 4.34. The molecule has 0 aliphatic carbocycles. The molecule has 0 atom stereocenters. The van der Waals surface area contributed by atoms with Gasteiger partial charge in [-0.25, -0.2) is 9.69 Å². The van der Waals surface area contributed by atoms with Gasteiger partial charge in [0.25, 0.3) is 5.91 Å². The molecule has 0 saturated carbocycles. The van der Waals surface area contributed by atoms with E-state index >= 15 is 0 Å². The highest BCUT2D eigenvalue weighted by Crippen LogP contribution is 2.39. The third kappa shape index (κ3) is 7.03. The summed E-state index contributed by atoms with van der Waals surface area (Å²) >= 11 is 0. The van der Waals surface area contributed by atoms with Gasteiger partial charge in [-0.05, 0) is 54.6 Å². The zero-order valence-electron chi connectivity index (χ0n) is 25.4. The third-order valence-corrected chi connectivity index (χ3v) is 6.82. The second-order valence-corrected chi connectivity index (χ2v) is 9.84. The van der Waals surface area contributed by atoms with Gasteiger partial charge in [0.2, 0.25) is 17.7 Å². The first kappa shape index (κ1) is 31.4. The van der Waals surface area contributed by atoms with Crippen molar-refractivity contribution in [1.29, 1.82) is 0 Å². The van der Waals surface area contributed by atoms with Gasteiger partial charge >= 0.3 is 6.03 Å². The van der Waals surface area contributed by atoms with Gasteiger partial charge < -0.3 is 35.1 Å². The first-order chi connectivity index (χ1) is 22.3. The number of urea groups is 1. The van der Waals surface area contributed by atoms with Crippen LogP contribution in [0, 0.1) is 0 Å². The van der Waals surface area contributed by atoms with Gasteiger partial charge in [0.15, 0.2) is 5.82 Å². The van der Waals surface area contributed by atoms with Crippen molar-refractivity contribution in [2.45, 2.75) is 6.54 Å². The smallest absolute Gasteiger partial charge is 0.330 e.